The van der Waals surface area contributed by atoms with Crippen molar-refractivity contribution in [3.63, 3.8) is 0 Å². The van der Waals surface area contributed by atoms with Gasteiger partial charge in [-0.25, -0.2) is 9.78 Å². The molecule has 0 fully saturated rings. The largest absolute Gasteiger partial charge is 0.480 e. The number of aromatic nitrogens is 1. The Hall–Kier alpha value is -1.73. The molecule has 0 aliphatic heterocycles. The van der Waals surface area contributed by atoms with Gasteiger partial charge in [-0.3, -0.25) is 4.57 Å². The van der Waals surface area contributed by atoms with Crippen LogP contribution in [0.25, 0.3) is 11.3 Å². The number of carboxylic acid groups (broad SMARTS) is 1. The highest BCUT2D eigenvalue weighted by Gasteiger charge is 2.31. The van der Waals surface area contributed by atoms with Crippen LogP contribution >= 0.6 is 18.9 Å². The molecule has 0 bridgehead atoms. The number of rotatable bonds is 8. The van der Waals surface area contributed by atoms with E-state index >= 15 is 0 Å². The van der Waals surface area contributed by atoms with Crippen LogP contribution in [0.1, 0.15) is 34.6 Å². The Morgan fingerprint density at radius 1 is 1.32 bits per heavy atom. The SMILES string of the molecule is CCOP(=O)(COc1ccc(C(=O)O)c2c1-c1ncsc1C2)OCC. The molecule has 0 saturated carbocycles. The molecule has 1 aliphatic rings. The normalized spacial score (nSPS) is 12.7. The van der Waals surface area contributed by atoms with E-state index in [1.54, 1.807) is 25.4 Å². The van der Waals surface area contributed by atoms with E-state index in [9.17, 15) is 14.5 Å². The first-order valence-electron chi connectivity index (χ1n) is 7.82. The van der Waals surface area contributed by atoms with E-state index in [0.29, 0.717) is 23.3 Å². The summed E-state index contributed by atoms with van der Waals surface area (Å²) in [6.07, 6.45) is 0.260. The van der Waals surface area contributed by atoms with Crippen molar-refractivity contribution in [3.05, 3.63) is 33.6 Å². The molecule has 0 radical (unpaired) electrons. The first-order valence-corrected chi connectivity index (χ1v) is 10.4. The molecule has 0 amide bonds. The van der Waals surface area contributed by atoms with E-state index in [4.69, 9.17) is 13.8 Å². The number of ether oxygens (including phenoxy) is 1. The van der Waals surface area contributed by atoms with Gasteiger partial charge in [-0.15, -0.1) is 11.3 Å². The van der Waals surface area contributed by atoms with E-state index < -0.39 is 13.6 Å². The van der Waals surface area contributed by atoms with Gasteiger partial charge in [0.25, 0.3) is 0 Å². The van der Waals surface area contributed by atoms with E-state index in [0.717, 1.165) is 10.6 Å². The molecule has 0 saturated heterocycles. The van der Waals surface area contributed by atoms with E-state index in [1.807, 2.05) is 0 Å². The zero-order valence-electron chi connectivity index (χ0n) is 13.9. The molecule has 7 nitrogen and oxygen atoms in total. The molecule has 0 spiro atoms. The average Bonchev–Trinajstić information content (AvgIpc) is 3.13. The molecule has 25 heavy (non-hydrogen) atoms. The summed E-state index contributed by atoms with van der Waals surface area (Å²) in [5, 5.41) is 9.41. The van der Waals surface area contributed by atoms with Gasteiger partial charge in [0.15, 0.2) is 6.35 Å². The molecule has 134 valence electrons. The quantitative estimate of drug-likeness (QED) is 0.587. The van der Waals surface area contributed by atoms with E-state index in [1.165, 1.54) is 17.4 Å². The predicted octanol–water partition coefficient (Wildman–Crippen LogP) is 4.01. The third-order valence-electron chi connectivity index (χ3n) is 3.75. The number of fused-ring (bicyclic) bond motifs is 3. The second-order valence-corrected chi connectivity index (χ2v) is 8.23. The Morgan fingerprint density at radius 2 is 2.04 bits per heavy atom. The number of carbonyl (C=O) groups is 1. The molecule has 2 aromatic rings. The third-order valence-corrected chi connectivity index (χ3v) is 6.33. The van der Waals surface area contributed by atoms with Crippen LogP contribution in [0.4, 0.5) is 0 Å². The molecule has 1 N–H and O–H groups in total. The molecule has 9 heteroatoms. The van der Waals surface area contributed by atoms with Crippen LogP contribution < -0.4 is 4.74 Å². The summed E-state index contributed by atoms with van der Waals surface area (Å²) in [5.74, 6) is -0.559. The Morgan fingerprint density at radius 3 is 2.68 bits per heavy atom. The fraction of sp³-hybridized carbons (Fsp3) is 0.375. The van der Waals surface area contributed by atoms with Crippen molar-refractivity contribution in [1.29, 1.82) is 0 Å². The summed E-state index contributed by atoms with van der Waals surface area (Å²) in [6, 6.07) is 3.07. The first-order chi connectivity index (χ1) is 12.0. The maximum atomic E-state index is 12.6. The number of nitrogens with zero attached hydrogens (tertiary/aromatic N) is 1. The second-order valence-electron chi connectivity index (χ2n) is 5.29. The number of thiazole rings is 1. The maximum absolute atomic E-state index is 12.6. The minimum Gasteiger partial charge on any atom is -0.480 e. The highest BCUT2D eigenvalue weighted by molar-refractivity contribution is 7.53. The van der Waals surface area contributed by atoms with Gasteiger partial charge >= 0.3 is 13.6 Å². The van der Waals surface area contributed by atoms with Gasteiger partial charge in [0, 0.05) is 16.9 Å². The van der Waals surface area contributed by atoms with E-state index in [-0.39, 0.29) is 25.1 Å². The van der Waals surface area contributed by atoms with Crippen molar-refractivity contribution in [1.82, 2.24) is 4.98 Å². The van der Waals surface area contributed by atoms with Crippen LogP contribution in [-0.4, -0.2) is 35.6 Å². The lowest BCUT2D eigenvalue weighted by Crippen LogP contribution is -2.08. The lowest BCUT2D eigenvalue weighted by Gasteiger charge is -2.19. The number of hydrogen-bond donors (Lipinski definition) is 1. The third kappa shape index (κ3) is 3.48. The molecule has 1 heterocycles. The fourth-order valence-corrected chi connectivity index (χ4v) is 4.89. The van der Waals surface area contributed by atoms with Crippen molar-refractivity contribution in [3.8, 4) is 17.0 Å². The monoisotopic (exact) mass is 383 g/mol. The zero-order valence-corrected chi connectivity index (χ0v) is 15.6. The Kier molecular flexibility index (Phi) is 5.24. The average molecular weight is 383 g/mol. The smallest absolute Gasteiger partial charge is 0.367 e. The summed E-state index contributed by atoms with van der Waals surface area (Å²) in [4.78, 5) is 16.8. The van der Waals surface area contributed by atoms with Crippen LogP contribution in [0.5, 0.6) is 5.75 Å². The Bertz CT molecular complexity index is 839. The number of hydrogen-bond acceptors (Lipinski definition) is 7. The van der Waals surface area contributed by atoms with Gasteiger partial charge in [0.2, 0.25) is 0 Å². The van der Waals surface area contributed by atoms with Crippen LogP contribution in [0.15, 0.2) is 17.6 Å². The van der Waals surface area contributed by atoms with Crippen molar-refractivity contribution in [2.75, 3.05) is 19.6 Å². The highest BCUT2D eigenvalue weighted by Crippen LogP contribution is 2.50. The molecule has 1 aromatic heterocycles. The summed E-state index contributed by atoms with van der Waals surface area (Å²) in [5.41, 5.74) is 3.99. The number of carboxylic acids is 1. The standard InChI is InChI=1S/C16H18NO6PS/c1-3-22-24(20,23-4-2)9-21-12-6-5-10(16(18)19)11-7-13-15(14(11)12)17-8-25-13/h5-6,8H,3-4,7,9H2,1-2H3,(H,18,19). The van der Waals surface area contributed by atoms with Gasteiger partial charge in [-0.1, -0.05) is 0 Å². The van der Waals surface area contributed by atoms with Gasteiger partial charge in [-0.2, -0.15) is 0 Å². The molecule has 1 aliphatic carbocycles. The van der Waals surface area contributed by atoms with Crippen molar-refractivity contribution < 1.29 is 28.3 Å². The van der Waals surface area contributed by atoms with Crippen LogP contribution in [0.2, 0.25) is 0 Å². The zero-order chi connectivity index (χ0) is 18.0. The summed E-state index contributed by atoms with van der Waals surface area (Å²) in [6.45, 7) is 3.94. The van der Waals surface area contributed by atoms with E-state index in [2.05, 4.69) is 4.98 Å². The molecule has 3 rings (SSSR count). The first kappa shape index (κ1) is 18.1. The number of benzene rings is 1. The lowest BCUT2D eigenvalue weighted by atomic mass is 10.0. The predicted molar refractivity (Wildman–Crippen MR) is 93.7 cm³/mol. The summed E-state index contributed by atoms with van der Waals surface area (Å²) < 4.78 is 28.8. The Balaban J connectivity index is 1.95. The minimum atomic E-state index is -3.37. The van der Waals surface area contributed by atoms with Crippen LogP contribution in [0.3, 0.4) is 0 Å². The topological polar surface area (TPSA) is 95.0 Å². The van der Waals surface area contributed by atoms with Crippen molar-refractivity contribution >= 4 is 24.9 Å². The molecular weight excluding hydrogens is 365 g/mol. The van der Waals surface area contributed by atoms with Crippen LogP contribution in [0, 0.1) is 0 Å². The lowest BCUT2D eigenvalue weighted by molar-refractivity contribution is 0.0696. The summed E-state index contributed by atoms with van der Waals surface area (Å²) >= 11 is 1.47. The molecular formula is C16H18NO6PS. The number of aromatic carboxylic acids is 1. The minimum absolute atomic E-state index is 0.227. The molecule has 0 atom stereocenters. The van der Waals surface area contributed by atoms with Gasteiger partial charge < -0.3 is 18.9 Å². The van der Waals surface area contributed by atoms with Gasteiger partial charge in [-0.05, 0) is 31.5 Å². The Labute approximate surface area is 149 Å². The highest BCUT2D eigenvalue weighted by atomic mass is 32.1. The summed E-state index contributed by atoms with van der Waals surface area (Å²) in [7, 11) is -3.37. The maximum Gasteiger partial charge on any atom is 0.367 e. The van der Waals surface area contributed by atoms with Crippen LogP contribution in [-0.2, 0) is 20.0 Å². The second kappa shape index (κ2) is 7.25. The van der Waals surface area contributed by atoms with Crippen molar-refractivity contribution in [2.24, 2.45) is 0 Å². The van der Waals surface area contributed by atoms with Gasteiger partial charge in [0.1, 0.15) is 5.75 Å². The van der Waals surface area contributed by atoms with Gasteiger partial charge in [0.05, 0.1) is 30.0 Å². The van der Waals surface area contributed by atoms with Crippen molar-refractivity contribution in [2.45, 2.75) is 20.3 Å². The fourth-order valence-electron chi connectivity index (χ4n) is 2.80. The molecule has 1 aromatic carbocycles. The molecule has 0 unspecified atom stereocenters.